The molecular formula is C17H20N2O2. The highest BCUT2D eigenvalue weighted by Crippen LogP contribution is 2.72. The van der Waals surface area contributed by atoms with Crippen LogP contribution in [0.5, 0.6) is 11.5 Å². The van der Waals surface area contributed by atoms with Gasteiger partial charge in [-0.1, -0.05) is 18.2 Å². The number of rotatable bonds is 0. The van der Waals surface area contributed by atoms with Crippen LogP contribution < -0.4 is 5.84 Å². The second kappa shape index (κ2) is 3.45. The van der Waals surface area contributed by atoms with Gasteiger partial charge >= 0.3 is 0 Å². The summed E-state index contributed by atoms with van der Waals surface area (Å²) in [6.07, 6.45) is 8.70. The highest BCUT2D eigenvalue weighted by molar-refractivity contribution is 5.58. The number of hydrogen-bond acceptors (Lipinski definition) is 4. The van der Waals surface area contributed by atoms with E-state index in [1.165, 1.54) is 5.56 Å². The summed E-state index contributed by atoms with van der Waals surface area (Å²) in [4.78, 5) is 0. The molecule has 0 aromatic heterocycles. The molecule has 0 amide bonds. The van der Waals surface area contributed by atoms with Crippen LogP contribution in [0.25, 0.3) is 0 Å². The van der Waals surface area contributed by atoms with Gasteiger partial charge in [-0.2, -0.15) is 0 Å². The van der Waals surface area contributed by atoms with E-state index in [1.807, 2.05) is 11.1 Å². The molecule has 1 aliphatic heterocycles. The Morgan fingerprint density at radius 1 is 1.29 bits per heavy atom. The van der Waals surface area contributed by atoms with Crippen molar-refractivity contribution in [1.82, 2.24) is 5.01 Å². The number of allylic oxidation sites excluding steroid dienone is 1. The monoisotopic (exact) mass is 284 g/mol. The van der Waals surface area contributed by atoms with E-state index in [0.717, 1.165) is 37.8 Å². The fourth-order valence-corrected chi connectivity index (χ4v) is 6.08. The molecule has 1 aromatic rings. The van der Waals surface area contributed by atoms with Crippen molar-refractivity contribution < 1.29 is 10.2 Å². The molecule has 4 nitrogen and oxygen atoms in total. The molecule has 0 unspecified atom stereocenters. The van der Waals surface area contributed by atoms with Crippen LogP contribution in [0.2, 0.25) is 0 Å². The van der Waals surface area contributed by atoms with E-state index < -0.39 is 0 Å². The molecule has 1 heterocycles. The summed E-state index contributed by atoms with van der Waals surface area (Å²) in [6.45, 7) is 0.918. The summed E-state index contributed by atoms with van der Waals surface area (Å²) in [5, 5.41) is 22.5. The molecule has 4 N–H and O–H groups in total. The van der Waals surface area contributed by atoms with E-state index in [-0.39, 0.29) is 22.3 Å². The Kier molecular flexibility index (Phi) is 1.98. The minimum absolute atomic E-state index is 0.00130. The van der Waals surface area contributed by atoms with Gasteiger partial charge < -0.3 is 10.2 Å². The number of hydrazine groups is 1. The minimum atomic E-state index is -0.00130. The first-order chi connectivity index (χ1) is 10.1. The zero-order valence-corrected chi connectivity index (χ0v) is 11.9. The Hall–Kier alpha value is -1.52. The maximum absolute atomic E-state index is 10.5. The van der Waals surface area contributed by atoms with Crippen LogP contribution in [0.15, 0.2) is 24.3 Å². The van der Waals surface area contributed by atoms with E-state index in [9.17, 15) is 10.2 Å². The van der Waals surface area contributed by atoms with Crippen LogP contribution in [0.4, 0.5) is 0 Å². The van der Waals surface area contributed by atoms with E-state index in [0.29, 0.717) is 12.0 Å². The van der Waals surface area contributed by atoms with Crippen molar-refractivity contribution in [2.75, 3.05) is 6.54 Å². The number of phenolic OH excluding ortho intramolecular Hbond substituents is 2. The molecule has 4 heteroatoms. The Balaban J connectivity index is 1.79. The highest BCUT2D eigenvalue weighted by atomic mass is 16.3. The first kappa shape index (κ1) is 12.1. The molecule has 2 bridgehead atoms. The second-order valence-electron chi connectivity index (χ2n) is 7.40. The zero-order valence-electron chi connectivity index (χ0n) is 11.9. The predicted molar refractivity (Wildman–Crippen MR) is 78.7 cm³/mol. The van der Waals surface area contributed by atoms with Crippen molar-refractivity contribution in [2.45, 2.75) is 37.1 Å². The quantitative estimate of drug-likeness (QED) is 0.386. The molecule has 4 aliphatic rings. The van der Waals surface area contributed by atoms with Gasteiger partial charge in [-0.3, -0.25) is 5.84 Å². The summed E-state index contributed by atoms with van der Waals surface area (Å²) in [7, 11) is 0. The van der Waals surface area contributed by atoms with Crippen LogP contribution >= 0.6 is 0 Å². The molecular weight excluding hydrogens is 264 g/mol. The van der Waals surface area contributed by atoms with E-state index in [2.05, 4.69) is 12.2 Å². The number of benzene rings is 1. The molecule has 2 spiro atoms. The third-order valence-electron chi connectivity index (χ3n) is 6.52. The topological polar surface area (TPSA) is 69.7 Å². The maximum Gasteiger partial charge on any atom is 0.161 e. The molecule has 1 aromatic carbocycles. The van der Waals surface area contributed by atoms with Crippen LogP contribution in [0, 0.1) is 11.3 Å². The van der Waals surface area contributed by atoms with Gasteiger partial charge in [-0.15, -0.1) is 0 Å². The van der Waals surface area contributed by atoms with Crippen molar-refractivity contribution in [3.63, 3.8) is 0 Å². The first-order valence-corrected chi connectivity index (χ1v) is 7.81. The van der Waals surface area contributed by atoms with Gasteiger partial charge in [-0.25, -0.2) is 5.01 Å². The van der Waals surface area contributed by atoms with Gasteiger partial charge in [0.25, 0.3) is 0 Å². The molecule has 2 fully saturated rings. The summed E-state index contributed by atoms with van der Waals surface area (Å²) in [6, 6.07) is 3.94. The molecule has 1 saturated carbocycles. The summed E-state index contributed by atoms with van der Waals surface area (Å²) < 4.78 is 0. The molecule has 0 radical (unpaired) electrons. The average Bonchev–Trinajstić information content (AvgIpc) is 2.59. The highest BCUT2D eigenvalue weighted by Gasteiger charge is 2.72. The molecule has 21 heavy (non-hydrogen) atoms. The smallest absolute Gasteiger partial charge is 0.161 e. The van der Waals surface area contributed by atoms with E-state index in [1.54, 1.807) is 6.07 Å². The van der Waals surface area contributed by atoms with Gasteiger partial charge in [0.15, 0.2) is 11.5 Å². The van der Waals surface area contributed by atoms with Crippen LogP contribution in [-0.4, -0.2) is 27.8 Å². The standard InChI is InChI=1S/C17H20N2O2/c18-19-9-16-5-1-2-6-17(8-16)13-10(7-11(19)15(16)17)3-4-12(20)14(13)21/h1,3-5,11,15,20-21H,2,6-9,18H2/t11-,15-,16-,17+/m1/s1. The Labute approximate surface area is 123 Å². The van der Waals surface area contributed by atoms with Crippen LogP contribution in [0.1, 0.15) is 30.4 Å². The van der Waals surface area contributed by atoms with Crippen molar-refractivity contribution in [3.05, 3.63) is 35.4 Å². The normalized spacial score (nSPS) is 42.9. The lowest BCUT2D eigenvalue weighted by Crippen LogP contribution is -2.62. The van der Waals surface area contributed by atoms with Gasteiger partial charge in [0, 0.05) is 29.0 Å². The minimum Gasteiger partial charge on any atom is -0.504 e. The lowest BCUT2D eigenvalue weighted by atomic mass is 9.40. The van der Waals surface area contributed by atoms with Gasteiger partial charge in [0.1, 0.15) is 0 Å². The van der Waals surface area contributed by atoms with Crippen molar-refractivity contribution in [3.8, 4) is 11.5 Å². The van der Waals surface area contributed by atoms with Gasteiger partial charge in [-0.05, 0) is 43.2 Å². The van der Waals surface area contributed by atoms with Gasteiger partial charge in [0.2, 0.25) is 0 Å². The number of aromatic hydroxyl groups is 2. The zero-order chi connectivity index (χ0) is 14.4. The summed E-state index contributed by atoms with van der Waals surface area (Å²) in [5.74, 6) is 6.92. The van der Waals surface area contributed by atoms with E-state index in [4.69, 9.17) is 5.84 Å². The van der Waals surface area contributed by atoms with Gasteiger partial charge in [0.05, 0.1) is 0 Å². The number of nitrogens with zero attached hydrogens (tertiary/aromatic N) is 1. The molecule has 3 aliphatic carbocycles. The van der Waals surface area contributed by atoms with Crippen molar-refractivity contribution >= 4 is 0 Å². The van der Waals surface area contributed by atoms with Crippen molar-refractivity contribution in [1.29, 1.82) is 0 Å². The SMILES string of the molecule is NN1C[C@@]23C=CCC[C@]4(C2)c2c(ccc(O)c2O)C[C@@H]1[C@H]34. The summed E-state index contributed by atoms with van der Waals surface area (Å²) in [5.41, 5.74) is 2.36. The number of phenols is 2. The maximum atomic E-state index is 10.5. The predicted octanol–water partition coefficient (Wildman–Crippen LogP) is 1.81. The molecule has 4 atom stereocenters. The third-order valence-corrected chi connectivity index (χ3v) is 6.52. The number of fused-ring (bicyclic) bond motifs is 1. The van der Waals surface area contributed by atoms with Crippen molar-refractivity contribution in [2.24, 2.45) is 17.2 Å². The Morgan fingerprint density at radius 3 is 3.00 bits per heavy atom. The fraction of sp³-hybridized carbons (Fsp3) is 0.529. The Bertz CT molecular complexity index is 686. The molecule has 110 valence electrons. The second-order valence-corrected chi connectivity index (χ2v) is 7.40. The fourth-order valence-electron chi connectivity index (χ4n) is 6.08. The number of hydrogen-bond donors (Lipinski definition) is 3. The lowest BCUT2D eigenvalue weighted by Gasteiger charge is -2.62. The largest absolute Gasteiger partial charge is 0.504 e. The summed E-state index contributed by atoms with van der Waals surface area (Å²) >= 11 is 0. The number of nitrogens with two attached hydrogens (primary N) is 1. The molecule has 5 rings (SSSR count). The van der Waals surface area contributed by atoms with Crippen LogP contribution in [0.3, 0.4) is 0 Å². The molecule has 1 saturated heterocycles. The average molecular weight is 284 g/mol. The third kappa shape index (κ3) is 1.17. The first-order valence-electron chi connectivity index (χ1n) is 7.81. The Morgan fingerprint density at radius 2 is 2.14 bits per heavy atom. The van der Waals surface area contributed by atoms with Crippen LogP contribution in [-0.2, 0) is 11.8 Å². The van der Waals surface area contributed by atoms with E-state index >= 15 is 0 Å². The lowest BCUT2D eigenvalue weighted by molar-refractivity contribution is -0.0216.